The number of amides is 2. The van der Waals surface area contributed by atoms with Crippen LogP contribution in [0.3, 0.4) is 0 Å². The predicted molar refractivity (Wildman–Crippen MR) is 84.9 cm³/mol. The predicted octanol–water partition coefficient (Wildman–Crippen LogP) is 1.27. The lowest BCUT2D eigenvalue weighted by molar-refractivity contribution is -0.133. The van der Waals surface area contributed by atoms with Crippen LogP contribution in [-0.2, 0) is 9.59 Å². The van der Waals surface area contributed by atoms with Crippen LogP contribution in [0, 0.1) is 11.3 Å². The second-order valence-electron chi connectivity index (χ2n) is 5.61. The van der Waals surface area contributed by atoms with Crippen molar-refractivity contribution in [1.82, 2.24) is 15.1 Å². The van der Waals surface area contributed by atoms with Gasteiger partial charge in [-0.05, 0) is 12.6 Å². The zero-order valence-electron chi connectivity index (χ0n) is 13.9. The van der Waals surface area contributed by atoms with E-state index in [4.69, 9.17) is 5.26 Å². The number of alkyl halides is 2. The van der Waals surface area contributed by atoms with Crippen LogP contribution >= 0.6 is 0 Å². The van der Waals surface area contributed by atoms with Gasteiger partial charge in [0.1, 0.15) is 6.04 Å². The summed E-state index contributed by atoms with van der Waals surface area (Å²) in [4.78, 5) is 26.7. The molecule has 1 N–H and O–H groups in total. The van der Waals surface area contributed by atoms with Gasteiger partial charge in [0.15, 0.2) is 0 Å². The lowest BCUT2D eigenvalue weighted by Crippen LogP contribution is -2.43. The highest BCUT2D eigenvalue weighted by atomic mass is 19.3. The van der Waals surface area contributed by atoms with E-state index in [0.717, 1.165) is 4.90 Å². The van der Waals surface area contributed by atoms with E-state index in [-0.39, 0.29) is 0 Å². The lowest BCUT2D eigenvalue weighted by Gasteiger charge is -2.19. The van der Waals surface area contributed by atoms with E-state index in [0.29, 0.717) is 18.5 Å². The fraction of sp³-hybridized carbons (Fsp3) is 0.562. The molecule has 0 bridgehead atoms. The summed E-state index contributed by atoms with van der Waals surface area (Å²) in [6, 6.07) is 0.537. The zero-order chi connectivity index (χ0) is 18.3. The summed E-state index contributed by atoms with van der Waals surface area (Å²) >= 11 is 0. The van der Waals surface area contributed by atoms with Crippen molar-refractivity contribution in [1.29, 1.82) is 5.26 Å². The number of likely N-dealkylation sites (tertiary alicyclic amines) is 1. The van der Waals surface area contributed by atoms with Crippen LogP contribution in [0.1, 0.15) is 19.8 Å². The largest absolute Gasteiger partial charge is 0.377 e. The van der Waals surface area contributed by atoms with Crippen molar-refractivity contribution in [2.24, 2.45) is 0 Å². The Balaban J connectivity index is 2.61. The number of nitrogens with one attached hydrogen (secondary N) is 1. The first-order valence-electron chi connectivity index (χ1n) is 7.61. The van der Waals surface area contributed by atoms with E-state index >= 15 is 0 Å². The highest BCUT2D eigenvalue weighted by Crippen LogP contribution is 2.31. The molecule has 0 aromatic heterocycles. The van der Waals surface area contributed by atoms with Gasteiger partial charge in [0.25, 0.3) is 5.92 Å². The van der Waals surface area contributed by atoms with Gasteiger partial charge in [-0.1, -0.05) is 19.6 Å². The molecule has 1 aliphatic heterocycles. The van der Waals surface area contributed by atoms with Gasteiger partial charge in [0.2, 0.25) is 11.8 Å². The smallest absolute Gasteiger partial charge is 0.268 e. The number of carbonyl (C=O) groups excluding carboxylic acids is 2. The number of nitrogens with zero attached hydrogens (tertiary/aromatic N) is 3. The highest BCUT2D eigenvalue weighted by molar-refractivity contribution is 5.95. The fourth-order valence-corrected chi connectivity index (χ4v) is 2.29. The third-order valence-corrected chi connectivity index (χ3v) is 3.75. The molecule has 1 unspecified atom stereocenters. The summed E-state index contributed by atoms with van der Waals surface area (Å²) in [6.45, 7) is 4.68. The number of hydrogen-bond acceptors (Lipinski definition) is 4. The van der Waals surface area contributed by atoms with Gasteiger partial charge >= 0.3 is 0 Å². The monoisotopic (exact) mass is 340 g/mol. The first-order valence-corrected chi connectivity index (χ1v) is 7.61. The minimum absolute atomic E-state index is 0.415. The molecule has 1 atom stereocenters. The van der Waals surface area contributed by atoms with E-state index in [9.17, 15) is 18.4 Å². The summed E-state index contributed by atoms with van der Waals surface area (Å²) in [7, 11) is 1.80. The topological polar surface area (TPSA) is 76.4 Å². The third-order valence-electron chi connectivity index (χ3n) is 3.75. The molecule has 0 aromatic carbocycles. The molecular weight excluding hydrogens is 318 g/mol. The highest BCUT2D eigenvalue weighted by Gasteiger charge is 2.47. The van der Waals surface area contributed by atoms with Gasteiger partial charge in [0.05, 0.1) is 19.2 Å². The lowest BCUT2D eigenvalue weighted by atomic mass is 10.1. The third kappa shape index (κ3) is 5.33. The molecule has 1 fully saturated rings. The van der Waals surface area contributed by atoms with Gasteiger partial charge in [-0.25, -0.2) is 8.78 Å². The molecule has 6 nitrogen and oxygen atoms in total. The number of nitriles is 1. The minimum atomic E-state index is -3.07. The quantitative estimate of drug-likeness (QED) is 0.708. The van der Waals surface area contributed by atoms with Crippen LogP contribution in [0.4, 0.5) is 8.78 Å². The van der Waals surface area contributed by atoms with E-state index < -0.39 is 43.3 Å². The van der Waals surface area contributed by atoms with Crippen LogP contribution in [0.2, 0.25) is 0 Å². The maximum absolute atomic E-state index is 13.3. The maximum Gasteiger partial charge on any atom is 0.268 e. The molecule has 0 spiro atoms. The molecule has 0 aromatic rings. The molecule has 1 heterocycles. The van der Waals surface area contributed by atoms with Crippen molar-refractivity contribution in [2.45, 2.75) is 31.7 Å². The average molecular weight is 340 g/mol. The molecular formula is C16H22F2N4O2. The van der Waals surface area contributed by atoms with Crippen LogP contribution in [0.15, 0.2) is 24.4 Å². The van der Waals surface area contributed by atoms with Gasteiger partial charge in [0, 0.05) is 25.6 Å². The molecule has 1 rings (SSSR count). The van der Waals surface area contributed by atoms with Crippen molar-refractivity contribution in [3.63, 3.8) is 0 Å². The second-order valence-corrected chi connectivity index (χ2v) is 5.61. The summed E-state index contributed by atoms with van der Waals surface area (Å²) < 4.78 is 26.7. The van der Waals surface area contributed by atoms with Crippen LogP contribution in [-0.4, -0.2) is 60.3 Å². The summed E-state index contributed by atoms with van der Waals surface area (Å²) in [6.07, 6.45) is 3.12. The van der Waals surface area contributed by atoms with Crippen LogP contribution in [0.5, 0.6) is 0 Å². The van der Waals surface area contributed by atoms with Gasteiger partial charge in [-0.3, -0.25) is 9.59 Å². The maximum atomic E-state index is 13.3. The zero-order valence-corrected chi connectivity index (χ0v) is 13.9. The molecule has 8 heteroatoms. The standard InChI is InChI=1S/C16H22F2N4O2/c1-4-12(6-7-21(3)5-2)15(24)20-10-14(23)22-11-16(17,18)8-13(22)9-19/h5-6,13H,2,4,7-8,10-11H2,1,3H3,(H,20,24)/b12-6+. The number of halogens is 2. The van der Waals surface area contributed by atoms with E-state index in [1.165, 1.54) is 0 Å². The van der Waals surface area contributed by atoms with Gasteiger partial charge in [-0.15, -0.1) is 0 Å². The Labute approximate surface area is 140 Å². The van der Waals surface area contributed by atoms with Gasteiger partial charge in [-0.2, -0.15) is 5.26 Å². The first kappa shape index (κ1) is 19.6. The Kier molecular flexibility index (Phi) is 6.89. The number of hydrogen-bond donors (Lipinski definition) is 1. The average Bonchev–Trinajstić information content (AvgIpc) is 2.87. The normalized spacial score (nSPS) is 19.5. The van der Waals surface area contributed by atoms with Crippen molar-refractivity contribution in [2.75, 3.05) is 26.7 Å². The molecule has 132 valence electrons. The summed E-state index contributed by atoms with van der Waals surface area (Å²) in [5.74, 6) is -4.18. The molecule has 0 aliphatic carbocycles. The molecule has 1 saturated heterocycles. The number of likely N-dealkylation sites (N-methyl/N-ethyl adjacent to an activating group) is 1. The van der Waals surface area contributed by atoms with Crippen molar-refractivity contribution in [3.05, 3.63) is 24.4 Å². The molecule has 24 heavy (non-hydrogen) atoms. The SMILES string of the molecule is C=CN(C)C/C=C(\CC)C(=O)NCC(=O)N1CC(F)(F)CC1C#N. The van der Waals surface area contributed by atoms with Crippen molar-refractivity contribution < 1.29 is 18.4 Å². The Morgan fingerprint density at radius 3 is 2.75 bits per heavy atom. The Morgan fingerprint density at radius 2 is 2.21 bits per heavy atom. The number of rotatable bonds is 7. The Hall–Kier alpha value is -2.43. The van der Waals surface area contributed by atoms with Crippen LogP contribution < -0.4 is 5.32 Å². The van der Waals surface area contributed by atoms with Crippen molar-refractivity contribution >= 4 is 11.8 Å². The molecule has 1 aliphatic rings. The molecule has 0 radical (unpaired) electrons. The van der Waals surface area contributed by atoms with E-state index in [1.807, 2.05) is 0 Å². The minimum Gasteiger partial charge on any atom is -0.377 e. The molecule has 0 saturated carbocycles. The fourth-order valence-electron chi connectivity index (χ4n) is 2.29. The first-order chi connectivity index (χ1) is 11.2. The van der Waals surface area contributed by atoms with Gasteiger partial charge < -0.3 is 15.1 Å². The second kappa shape index (κ2) is 8.43. The van der Waals surface area contributed by atoms with E-state index in [2.05, 4.69) is 11.9 Å². The Bertz CT molecular complexity index is 569. The summed E-state index contributed by atoms with van der Waals surface area (Å²) in [5, 5.41) is 11.3. The van der Waals surface area contributed by atoms with Crippen LogP contribution in [0.25, 0.3) is 0 Å². The molecule has 2 amide bonds. The summed E-state index contributed by atoms with van der Waals surface area (Å²) in [5.41, 5.74) is 0.486. The Morgan fingerprint density at radius 1 is 1.54 bits per heavy atom. The van der Waals surface area contributed by atoms with E-state index in [1.54, 1.807) is 37.2 Å². The van der Waals surface area contributed by atoms with Crippen molar-refractivity contribution in [3.8, 4) is 6.07 Å². The number of carbonyl (C=O) groups is 2.